The maximum atomic E-state index is 4.96. The fraction of sp³-hybridized carbons (Fsp3) is 0.500. The summed E-state index contributed by atoms with van der Waals surface area (Å²) in [6, 6.07) is 10.6. The summed E-state index contributed by atoms with van der Waals surface area (Å²) in [5, 5.41) is 3.35. The number of rotatable bonds is 3. The maximum absolute atomic E-state index is 4.96. The third-order valence-corrected chi connectivity index (χ3v) is 3.60. The van der Waals surface area contributed by atoms with Crippen molar-refractivity contribution >= 4 is 0 Å². The Kier molecular flexibility index (Phi) is 6.57. The Morgan fingerprint density at radius 3 is 2.55 bits per heavy atom. The zero-order valence-electron chi connectivity index (χ0n) is 12.0. The van der Waals surface area contributed by atoms with Crippen LogP contribution in [-0.4, -0.2) is 26.2 Å². The number of hydroxylamine groups is 1. The van der Waals surface area contributed by atoms with Gasteiger partial charge >= 0.3 is 0 Å². The number of methoxy groups -OCH3 is 1. The molecule has 1 saturated heterocycles. The molecule has 0 bridgehead atoms. The van der Waals surface area contributed by atoms with Gasteiger partial charge in [-0.15, -0.1) is 0 Å². The zero-order valence-corrected chi connectivity index (χ0v) is 12.0. The number of ether oxygens (including phenoxy) is 1. The number of benzene rings is 1. The van der Waals surface area contributed by atoms with E-state index in [1.165, 1.54) is 18.4 Å². The van der Waals surface area contributed by atoms with E-state index < -0.39 is 0 Å². The summed E-state index contributed by atoms with van der Waals surface area (Å²) in [5.74, 6) is 0.759. The van der Waals surface area contributed by atoms with Gasteiger partial charge in [-0.2, -0.15) is 5.48 Å². The van der Waals surface area contributed by atoms with Crippen molar-refractivity contribution in [3.8, 4) is 0 Å². The van der Waals surface area contributed by atoms with Gasteiger partial charge in [0.1, 0.15) is 6.26 Å². The first-order valence-electron chi connectivity index (χ1n) is 7.21. The second kappa shape index (κ2) is 8.74. The lowest BCUT2D eigenvalue weighted by atomic mass is 9.91. The van der Waals surface area contributed by atoms with Crippen molar-refractivity contribution in [3.63, 3.8) is 0 Å². The third kappa shape index (κ3) is 4.96. The summed E-state index contributed by atoms with van der Waals surface area (Å²) in [4.78, 5) is 4.96. The lowest BCUT2D eigenvalue weighted by Gasteiger charge is -2.25. The average Bonchev–Trinajstić information content (AvgIpc) is 3.05. The van der Waals surface area contributed by atoms with E-state index in [9.17, 15) is 0 Å². The summed E-state index contributed by atoms with van der Waals surface area (Å²) >= 11 is 0. The maximum Gasteiger partial charge on any atom is 0.109 e. The summed E-state index contributed by atoms with van der Waals surface area (Å²) in [6.07, 6.45) is 6.36. The predicted molar refractivity (Wildman–Crippen MR) is 79.9 cm³/mol. The highest BCUT2D eigenvalue weighted by Crippen LogP contribution is 2.19. The Hall–Kier alpha value is -1.36. The van der Waals surface area contributed by atoms with E-state index in [2.05, 4.69) is 16.9 Å². The van der Waals surface area contributed by atoms with Gasteiger partial charge in [0.05, 0.1) is 12.6 Å². The van der Waals surface area contributed by atoms with E-state index >= 15 is 0 Å². The molecule has 1 atom stereocenters. The predicted octanol–water partition coefficient (Wildman–Crippen LogP) is 2.24. The number of hydrogen-bond acceptors (Lipinski definition) is 4. The summed E-state index contributed by atoms with van der Waals surface area (Å²) in [5.41, 5.74) is 4.21. The van der Waals surface area contributed by atoms with E-state index in [0.29, 0.717) is 12.6 Å². The van der Waals surface area contributed by atoms with Gasteiger partial charge in [-0.05, 0) is 43.5 Å². The van der Waals surface area contributed by atoms with Crippen LogP contribution in [-0.2, 0) is 16.2 Å². The minimum Gasteiger partial charge on any atom is -0.416 e. The highest BCUT2D eigenvalue weighted by atomic mass is 16.6. The normalized spacial score (nSPS) is 21.9. The van der Waals surface area contributed by atoms with Gasteiger partial charge < -0.3 is 14.9 Å². The number of nitrogens with one attached hydrogen (secondary N) is 2. The van der Waals surface area contributed by atoms with Crippen molar-refractivity contribution in [3.05, 3.63) is 48.2 Å². The van der Waals surface area contributed by atoms with Gasteiger partial charge in [-0.3, -0.25) is 0 Å². The topological polar surface area (TPSA) is 42.5 Å². The first kappa shape index (κ1) is 15.0. The molecule has 3 rings (SSSR count). The fourth-order valence-electron chi connectivity index (χ4n) is 2.48. The van der Waals surface area contributed by atoms with E-state index in [1.54, 1.807) is 13.4 Å². The Morgan fingerprint density at radius 1 is 1.20 bits per heavy atom. The Morgan fingerprint density at radius 2 is 1.95 bits per heavy atom. The first-order chi connectivity index (χ1) is 9.90. The monoisotopic (exact) mass is 276 g/mol. The van der Waals surface area contributed by atoms with Crippen LogP contribution in [0.2, 0.25) is 0 Å². The van der Waals surface area contributed by atoms with E-state index in [4.69, 9.17) is 9.57 Å². The molecule has 2 aliphatic heterocycles. The highest BCUT2D eigenvalue weighted by molar-refractivity contribution is 5.13. The van der Waals surface area contributed by atoms with Crippen molar-refractivity contribution in [1.29, 1.82) is 0 Å². The number of piperidine rings is 1. The minimum absolute atomic E-state index is 0.456. The molecule has 110 valence electrons. The smallest absolute Gasteiger partial charge is 0.109 e. The van der Waals surface area contributed by atoms with Crippen LogP contribution >= 0.6 is 0 Å². The SMILES string of the molecule is C1=CC(C2CCNCC2)NO1.COCc1ccccc1. The van der Waals surface area contributed by atoms with Crippen LogP contribution in [0.15, 0.2) is 42.7 Å². The molecule has 20 heavy (non-hydrogen) atoms. The molecule has 0 spiro atoms. The quantitative estimate of drug-likeness (QED) is 0.888. The molecule has 4 heteroatoms. The highest BCUT2D eigenvalue weighted by Gasteiger charge is 2.23. The Bertz CT molecular complexity index is 389. The van der Waals surface area contributed by atoms with Crippen molar-refractivity contribution in [1.82, 2.24) is 10.8 Å². The van der Waals surface area contributed by atoms with Crippen molar-refractivity contribution in [2.24, 2.45) is 5.92 Å². The molecule has 2 heterocycles. The van der Waals surface area contributed by atoms with E-state index in [0.717, 1.165) is 19.0 Å². The number of hydrogen-bond donors (Lipinski definition) is 2. The lowest BCUT2D eigenvalue weighted by Crippen LogP contribution is -2.38. The fourth-order valence-corrected chi connectivity index (χ4v) is 2.48. The van der Waals surface area contributed by atoms with Crippen LogP contribution in [0.5, 0.6) is 0 Å². The molecule has 1 aromatic rings. The molecule has 0 aromatic heterocycles. The minimum atomic E-state index is 0.456. The molecule has 0 amide bonds. The summed E-state index contributed by atoms with van der Waals surface area (Å²) < 4.78 is 4.93. The van der Waals surface area contributed by atoms with E-state index in [1.807, 2.05) is 30.3 Å². The zero-order chi connectivity index (χ0) is 14.0. The summed E-state index contributed by atoms with van der Waals surface area (Å²) in [6.45, 7) is 3.01. The largest absolute Gasteiger partial charge is 0.416 e. The Balaban J connectivity index is 0.000000151. The van der Waals surface area contributed by atoms with Crippen molar-refractivity contribution in [2.45, 2.75) is 25.5 Å². The molecule has 1 unspecified atom stereocenters. The Labute approximate surface area is 121 Å². The standard InChI is InChI=1S/C8H14N2O.C8H10O/c1-4-9-5-2-7(1)8-3-6-11-10-8;1-9-7-8-5-3-2-4-6-8/h3,6-10H,1-2,4-5H2;2-6H,7H2,1H3. The van der Waals surface area contributed by atoms with Gasteiger partial charge in [0.15, 0.2) is 0 Å². The summed E-state index contributed by atoms with van der Waals surface area (Å²) in [7, 11) is 1.70. The van der Waals surface area contributed by atoms with Gasteiger partial charge in [0.25, 0.3) is 0 Å². The molecule has 0 radical (unpaired) electrons. The van der Waals surface area contributed by atoms with E-state index in [-0.39, 0.29) is 0 Å². The van der Waals surface area contributed by atoms with Crippen LogP contribution in [0.1, 0.15) is 18.4 Å². The molecule has 1 fully saturated rings. The molecular weight excluding hydrogens is 252 g/mol. The molecule has 4 nitrogen and oxygen atoms in total. The van der Waals surface area contributed by atoms with Crippen molar-refractivity contribution in [2.75, 3.05) is 20.2 Å². The van der Waals surface area contributed by atoms with Crippen LogP contribution in [0.25, 0.3) is 0 Å². The lowest BCUT2D eigenvalue weighted by molar-refractivity contribution is 0.114. The molecule has 2 N–H and O–H groups in total. The molecule has 0 saturated carbocycles. The van der Waals surface area contributed by atoms with Crippen molar-refractivity contribution < 1.29 is 9.57 Å². The van der Waals surface area contributed by atoms with Crippen LogP contribution < -0.4 is 10.8 Å². The van der Waals surface area contributed by atoms with Crippen LogP contribution in [0, 0.1) is 5.92 Å². The van der Waals surface area contributed by atoms with Gasteiger partial charge in [-0.1, -0.05) is 30.3 Å². The van der Waals surface area contributed by atoms with Gasteiger partial charge in [0, 0.05) is 7.11 Å². The third-order valence-electron chi connectivity index (χ3n) is 3.60. The van der Waals surface area contributed by atoms with Gasteiger partial charge in [-0.25, -0.2) is 0 Å². The second-order valence-electron chi connectivity index (χ2n) is 5.10. The van der Waals surface area contributed by atoms with Crippen LogP contribution in [0.4, 0.5) is 0 Å². The molecule has 1 aromatic carbocycles. The average molecular weight is 276 g/mol. The molecule has 2 aliphatic rings. The first-order valence-corrected chi connectivity index (χ1v) is 7.21. The second-order valence-corrected chi connectivity index (χ2v) is 5.10. The molecule has 0 aliphatic carbocycles. The molecular formula is C16H24N2O2. The van der Waals surface area contributed by atoms with Crippen LogP contribution in [0.3, 0.4) is 0 Å². The van der Waals surface area contributed by atoms with Gasteiger partial charge in [0.2, 0.25) is 0 Å².